The summed E-state index contributed by atoms with van der Waals surface area (Å²) in [6, 6.07) is 7.79. The fourth-order valence-corrected chi connectivity index (χ4v) is 3.13. The predicted molar refractivity (Wildman–Crippen MR) is 114 cm³/mol. The highest BCUT2D eigenvalue weighted by molar-refractivity contribution is 14.0. The molecule has 0 spiro atoms. The van der Waals surface area contributed by atoms with Crippen LogP contribution >= 0.6 is 35.6 Å². The van der Waals surface area contributed by atoms with Gasteiger partial charge in [0.05, 0.1) is 0 Å². The second kappa shape index (κ2) is 10.1. The Bertz CT molecular complexity index is 720. The quantitative estimate of drug-likeness (QED) is 0.367. The minimum absolute atomic E-state index is 0. The van der Waals surface area contributed by atoms with Crippen molar-refractivity contribution >= 4 is 41.5 Å². The zero-order valence-electron chi connectivity index (χ0n) is 14.7. The molecule has 3 rings (SSSR count). The van der Waals surface area contributed by atoms with Gasteiger partial charge < -0.3 is 15.6 Å². The summed E-state index contributed by atoms with van der Waals surface area (Å²) < 4.78 is 5.22. The van der Waals surface area contributed by atoms with E-state index in [1.807, 2.05) is 12.1 Å². The Kier molecular flexibility index (Phi) is 8.11. The molecule has 0 radical (unpaired) electrons. The maximum Gasteiger partial charge on any atom is 0.248 e. The van der Waals surface area contributed by atoms with Gasteiger partial charge in [0.15, 0.2) is 5.96 Å². The Hall–Kier alpha value is -1.39. The van der Waals surface area contributed by atoms with Crippen LogP contribution in [0.1, 0.15) is 25.7 Å². The molecular weight excluding hydrogens is 467 g/mol. The average Bonchev–Trinajstić information content (AvgIpc) is 3.27. The number of rotatable bonds is 6. The lowest BCUT2D eigenvalue weighted by atomic mass is 10.2. The SMILES string of the molecule is CCN1CCCC1CNC(N)=NCc1nc(-c2ccc(Cl)cc2)no1.I. The molecule has 1 aromatic heterocycles. The molecular formula is C17H24ClIN6O. The number of nitrogens with two attached hydrogens (primary N) is 1. The van der Waals surface area contributed by atoms with Crippen molar-refractivity contribution in [1.29, 1.82) is 0 Å². The highest BCUT2D eigenvalue weighted by Crippen LogP contribution is 2.19. The minimum atomic E-state index is 0. The van der Waals surface area contributed by atoms with Crippen LogP contribution in [-0.2, 0) is 6.54 Å². The van der Waals surface area contributed by atoms with Crippen LogP contribution in [0.3, 0.4) is 0 Å². The van der Waals surface area contributed by atoms with Gasteiger partial charge in [0.25, 0.3) is 0 Å². The molecule has 1 aliphatic heterocycles. The number of likely N-dealkylation sites (tertiary alicyclic amines) is 1. The van der Waals surface area contributed by atoms with Crippen molar-refractivity contribution in [2.45, 2.75) is 32.4 Å². The summed E-state index contributed by atoms with van der Waals surface area (Å²) in [6.45, 7) is 5.47. The molecule has 1 aromatic carbocycles. The number of nitrogens with zero attached hydrogens (tertiary/aromatic N) is 4. The highest BCUT2D eigenvalue weighted by atomic mass is 127. The van der Waals surface area contributed by atoms with Crippen molar-refractivity contribution in [1.82, 2.24) is 20.4 Å². The lowest BCUT2D eigenvalue weighted by Crippen LogP contribution is -2.42. The number of aliphatic imine (C=N–C) groups is 1. The molecule has 1 fully saturated rings. The van der Waals surface area contributed by atoms with E-state index in [9.17, 15) is 0 Å². The lowest BCUT2D eigenvalue weighted by molar-refractivity contribution is 0.267. The maximum atomic E-state index is 5.94. The molecule has 142 valence electrons. The van der Waals surface area contributed by atoms with Crippen molar-refractivity contribution in [2.75, 3.05) is 19.6 Å². The van der Waals surface area contributed by atoms with Crippen molar-refractivity contribution in [2.24, 2.45) is 10.7 Å². The van der Waals surface area contributed by atoms with Crippen molar-refractivity contribution in [3.63, 3.8) is 0 Å². The molecule has 26 heavy (non-hydrogen) atoms. The monoisotopic (exact) mass is 490 g/mol. The molecule has 1 unspecified atom stereocenters. The fourth-order valence-electron chi connectivity index (χ4n) is 3.01. The normalized spacial score (nSPS) is 17.9. The number of aromatic nitrogens is 2. The van der Waals surface area contributed by atoms with E-state index in [1.165, 1.54) is 12.8 Å². The third-order valence-corrected chi connectivity index (χ3v) is 4.63. The summed E-state index contributed by atoms with van der Waals surface area (Å²) in [4.78, 5) is 11.1. The first kappa shape index (κ1) is 20.9. The van der Waals surface area contributed by atoms with Crippen molar-refractivity contribution in [3.05, 3.63) is 35.2 Å². The molecule has 0 saturated carbocycles. The van der Waals surface area contributed by atoms with Crippen LogP contribution < -0.4 is 11.1 Å². The van der Waals surface area contributed by atoms with Gasteiger partial charge >= 0.3 is 0 Å². The second-order valence-electron chi connectivity index (χ2n) is 6.03. The van der Waals surface area contributed by atoms with E-state index < -0.39 is 0 Å². The van der Waals surface area contributed by atoms with Gasteiger partial charge in [-0.3, -0.25) is 4.90 Å². The van der Waals surface area contributed by atoms with E-state index in [-0.39, 0.29) is 30.5 Å². The van der Waals surface area contributed by atoms with Crippen molar-refractivity contribution < 1.29 is 4.52 Å². The fraction of sp³-hybridized carbons (Fsp3) is 0.471. The molecule has 0 bridgehead atoms. The third-order valence-electron chi connectivity index (χ3n) is 4.38. The molecule has 7 nitrogen and oxygen atoms in total. The van der Waals surface area contributed by atoms with E-state index in [1.54, 1.807) is 12.1 Å². The van der Waals surface area contributed by atoms with Crippen LogP contribution in [0.2, 0.25) is 5.02 Å². The lowest BCUT2D eigenvalue weighted by Gasteiger charge is -2.22. The standard InChI is InChI=1S/C17H23ClN6O.HI/c1-2-24-9-3-4-14(24)10-20-17(19)21-11-15-22-16(23-25-15)12-5-7-13(18)8-6-12;/h5-8,14H,2-4,9-11H2,1H3,(H3,19,20,21);1H. The molecule has 2 aromatic rings. The van der Waals surface area contributed by atoms with Gasteiger partial charge in [0, 0.05) is 23.2 Å². The number of nitrogens with one attached hydrogen (secondary N) is 1. The summed E-state index contributed by atoms with van der Waals surface area (Å²) in [5.41, 5.74) is 6.78. The first-order chi connectivity index (χ1) is 12.2. The summed E-state index contributed by atoms with van der Waals surface area (Å²) in [5.74, 6) is 1.33. The van der Waals surface area contributed by atoms with Gasteiger partial charge in [0.2, 0.25) is 11.7 Å². The molecule has 9 heteroatoms. The number of benzene rings is 1. The minimum Gasteiger partial charge on any atom is -0.370 e. The largest absolute Gasteiger partial charge is 0.370 e. The van der Waals surface area contributed by atoms with Gasteiger partial charge in [-0.1, -0.05) is 23.7 Å². The van der Waals surface area contributed by atoms with Gasteiger partial charge in [-0.25, -0.2) is 4.99 Å². The Morgan fingerprint density at radius 3 is 2.92 bits per heavy atom. The van der Waals surface area contributed by atoms with Crippen LogP contribution in [0.25, 0.3) is 11.4 Å². The van der Waals surface area contributed by atoms with Crippen LogP contribution in [-0.4, -0.2) is 46.7 Å². The molecule has 1 atom stereocenters. The summed E-state index contributed by atoms with van der Waals surface area (Å²) in [6.07, 6.45) is 2.44. The molecule has 3 N–H and O–H groups in total. The number of hydrogen-bond acceptors (Lipinski definition) is 5. The predicted octanol–water partition coefficient (Wildman–Crippen LogP) is 2.90. The van der Waals surface area contributed by atoms with Gasteiger partial charge in [-0.2, -0.15) is 4.98 Å². The summed E-state index contributed by atoms with van der Waals surface area (Å²) >= 11 is 5.88. The van der Waals surface area contributed by atoms with E-state index in [4.69, 9.17) is 21.9 Å². The Morgan fingerprint density at radius 2 is 2.19 bits per heavy atom. The topological polar surface area (TPSA) is 92.6 Å². The number of halogens is 2. The van der Waals surface area contributed by atoms with E-state index in [2.05, 4.69) is 32.3 Å². The Morgan fingerprint density at radius 1 is 1.42 bits per heavy atom. The molecule has 0 amide bonds. The van der Waals surface area contributed by atoms with Gasteiger partial charge in [0.1, 0.15) is 6.54 Å². The highest BCUT2D eigenvalue weighted by Gasteiger charge is 2.22. The Balaban J connectivity index is 0.00000243. The number of likely N-dealkylation sites (N-methyl/N-ethyl adjacent to an activating group) is 1. The van der Waals surface area contributed by atoms with Crippen LogP contribution in [0.5, 0.6) is 0 Å². The number of guanidine groups is 1. The average molecular weight is 491 g/mol. The van der Waals surface area contributed by atoms with E-state index in [0.717, 1.165) is 25.2 Å². The second-order valence-corrected chi connectivity index (χ2v) is 6.46. The van der Waals surface area contributed by atoms with Gasteiger partial charge in [-0.15, -0.1) is 24.0 Å². The molecule has 1 saturated heterocycles. The molecule has 2 heterocycles. The smallest absolute Gasteiger partial charge is 0.248 e. The zero-order chi connectivity index (χ0) is 17.6. The number of hydrogen-bond donors (Lipinski definition) is 2. The van der Waals surface area contributed by atoms with Crippen LogP contribution in [0, 0.1) is 0 Å². The van der Waals surface area contributed by atoms with E-state index in [0.29, 0.717) is 28.7 Å². The summed E-state index contributed by atoms with van der Waals surface area (Å²) in [7, 11) is 0. The molecule has 0 aliphatic carbocycles. The maximum absolute atomic E-state index is 5.94. The Labute approximate surface area is 175 Å². The van der Waals surface area contributed by atoms with Gasteiger partial charge in [-0.05, 0) is 50.2 Å². The van der Waals surface area contributed by atoms with Crippen molar-refractivity contribution in [3.8, 4) is 11.4 Å². The summed E-state index contributed by atoms with van der Waals surface area (Å²) in [5, 5.41) is 7.81. The first-order valence-corrected chi connectivity index (χ1v) is 8.90. The van der Waals surface area contributed by atoms with E-state index >= 15 is 0 Å². The van der Waals surface area contributed by atoms with Crippen LogP contribution in [0.15, 0.2) is 33.8 Å². The third kappa shape index (κ3) is 5.55. The first-order valence-electron chi connectivity index (χ1n) is 8.52. The molecule has 1 aliphatic rings. The zero-order valence-corrected chi connectivity index (χ0v) is 17.8. The van der Waals surface area contributed by atoms with Crippen LogP contribution in [0.4, 0.5) is 0 Å².